The second-order valence-corrected chi connectivity index (χ2v) is 8.91. The number of aromatic amines is 1. The molecule has 2 fully saturated rings. The Bertz CT molecular complexity index is 1120. The molecule has 0 bridgehead atoms. The van der Waals surface area contributed by atoms with Crippen LogP contribution >= 0.6 is 0 Å². The summed E-state index contributed by atoms with van der Waals surface area (Å²) in [6.07, 6.45) is 8.33. The van der Waals surface area contributed by atoms with Crippen molar-refractivity contribution in [3.8, 4) is 5.88 Å². The predicted octanol–water partition coefficient (Wildman–Crippen LogP) is 3.31. The van der Waals surface area contributed by atoms with Crippen molar-refractivity contribution >= 4 is 11.7 Å². The van der Waals surface area contributed by atoms with Gasteiger partial charge in [-0.15, -0.1) is 5.10 Å². The van der Waals surface area contributed by atoms with Crippen LogP contribution in [-0.2, 0) is 18.4 Å². The van der Waals surface area contributed by atoms with Crippen LogP contribution in [-0.4, -0.2) is 49.3 Å². The summed E-state index contributed by atoms with van der Waals surface area (Å²) in [6.45, 7) is 0.356. The number of carbonyl (C=O) groups is 1. The van der Waals surface area contributed by atoms with Gasteiger partial charge in [-0.3, -0.25) is 14.6 Å². The fourth-order valence-corrected chi connectivity index (χ4v) is 4.69. The molecule has 1 amide bonds. The Balaban J connectivity index is 1.19. The number of H-pyrrole nitrogens is 1. The summed E-state index contributed by atoms with van der Waals surface area (Å²) in [5, 5.41) is 22.8. The SMILES string of the molecule is COCc1cc(C(=O)Nc2cc(C3CCC(Oc4nnccc4C4CCC4)C3)[nH]n2)n(C)n1. The fraction of sp³-hybridized carbons (Fsp3) is 0.522. The van der Waals surface area contributed by atoms with Gasteiger partial charge >= 0.3 is 0 Å². The molecular weight excluding hydrogens is 422 g/mol. The van der Waals surface area contributed by atoms with E-state index in [0.717, 1.165) is 25.0 Å². The summed E-state index contributed by atoms with van der Waals surface area (Å²) in [5.74, 6) is 1.77. The smallest absolute Gasteiger partial charge is 0.275 e. The molecule has 2 saturated carbocycles. The minimum Gasteiger partial charge on any atom is -0.473 e. The molecule has 3 aromatic heterocycles. The normalized spacial score (nSPS) is 20.5. The number of aryl methyl sites for hydroxylation is 1. The van der Waals surface area contributed by atoms with Crippen molar-refractivity contribution < 1.29 is 14.3 Å². The Morgan fingerprint density at radius 3 is 2.91 bits per heavy atom. The molecule has 0 aliphatic heterocycles. The van der Waals surface area contributed by atoms with Crippen LogP contribution in [0.5, 0.6) is 5.88 Å². The molecule has 2 aliphatic carbocycles. The average molecular weight is 452 g/mol. The van der Waals surface area contributed by atoms with Crippen LogP contribution in [0.3, 0.4) is 0 Å². The highest BCUT2D eigenvalue weighted by atomic mass is 16.5. The van der Waals surface area contributed by atoms with Crippen LogP contribution in [0.1, 0.15) is 77.8 Å². The number of methoxy groups -OCH3 is 1. The molecule has 0 radical (unpaired) electrons. The Hall–Kier alpha value is -3.27. The molecule has 174 valence electrons. The Kier molecular flexibility index (Phi) is 6.08. The molecule has 0 saturated heterocycles. The number of hydrogen-bond donors (Lipinski definition) is 2. The Morgan fingerprint density at radius 2 is 2.12 bits per heavy atom. The summed E-state index contributed by atoms with van der Waals surface area (Å²) in [7, 11) is 3.33. The van der Waals surface area contributed by atoms with Gasteiger partial charge in [-0.2, -0.15) is 15.3 Å². The number of hydrogen-bond acceptors (Lipinski definition) is 7. The van der Waals surface area contributed by atoms with Crippen molar-refractivity contribution in [1.82, 2.24) is 30.2 Å². The number of amides is 1. The van der Waals surface area contributed by atoms with Gasteiger partial charge in [-0.1, -0.05) is 6.42 Å². The van der Waals surface area contributed by atoms with Gasteiger partial charge in [0.15, 0.2) is 5.82 Å². The molecule has 2 unspecified atom stereocenters. The lowest BCUT2D eigenvalue weighted by Gasteiger charge is -2.27. The minimum atomic E-state index is -0.260. The van der Waals surface area contributed by atoms with E-state index in [2.05, 4.69) is 30.8 Å². The van der Waals surface area contributed by atoms with Crippen molar-refractivity contribution in [2.75, 3.05) is 12.4 Å². The van der Waals surface area contributed by atoms with Crippen molar-refractivity contribution in [3.63, 3.8) is 0 Å². The third kappa shape index (κ3) is 4.61. The number of anilines is 1. The molecule has 2 N–H and O–H groups in total. The number of aromatic nitrogens is 6. The summed E-state index contributed by atoms with van der Waals surface area (Å²) < 4.78 is 12.9. The van der Waals surface area contributed by atoms with Crippen LogP contribution in [0.25, 0.3) is 0 Å². The molecule has 0 aromatic carbocycles. The predicted molar refractivity (Wildman–Crippen MR) is 120 cm³/mol. The third-order valence-corrected chi connectivity index (χ3v) is 6.66. The highest BCUT2D eigenvalue weighted by Crippen LogP contribution is 2.41. The third-order valence-electron chi connectivity index (χ3n) is 6.66. The van der Waals surface area contributed by atoms with E-state index in [-0.39, 0.29) is 12.0 Å². The van der Waals surface area contributed by atoms with Gasteiger partial charge in [0, 0.05) is 37.4 Å². The zero-order valence-corrected chi connectivity index (χ0v) is 19.0. The monoisotopic (exact) mass is 451 g/mol. The van der Waals surface area contributed by atoms with E-state index in [1.165, 1.54) is 24.8 Å². The maximum Gasteiger partial charge on any atom is 0.275 e. The first kappa shape index (κ1) is 21.6. The molecule has 10 heteroatoms. The second-order valence-electron chi connectivity index (χ2n) is 8.91. The lowest BCUT2D eigenvalue weighted by molar-refractivity contribution is 0.101. The van der Waals surface area contributed by atoms with Crippen molar-refractivity contribution in [2.45, 2.75) is 63.1 Å². The van der Waals surface area contributed by atoms with Gasteiger partial charge in [0.05, 0.1) is 18.5 Å². The lowest BCUT2D eigenvalue weighted by atomic mass is 9.80. The summed E-state index contributed by atoms with van der Waals surface area (Å²) in [4.78, 5) is 12.7. The van der Waals surface area contributed by atoms with E-state index in [4.69, 9.17) is 9.47 Å². The molecule has 2 atom stereocenters. The number of nitrogens with zero attached hydrogens (tertiary/aromatic N) is 5. The zero-order chi connectivity index (χ0) is 22.8. The average Bonchev–Trinajstić information content (AvgIpc) is 3.49. The number of ether oxygens (including phenoxy) is 2. The summed E-state index contributed by atoms with van der Waals surface area (Å²) in [5.41, 5.74) is 3.34. The Morgan fingerprint density at radius 1 is 1.24 bits per heavy atom. The summed E-state index contributed by atoms with van der Waals surface area (Å²) in [6, 6.07) is 5.66. The molecule has 2 aliphatic rings. The second kappa shape index (κ2) is 9.30. The number of rotatable bonds is 8. The maximum atomic E-state index is 12.7. The van der Waals surface area contributed by atoms with E-state index >= 15 is 0 Å². The molecule has 5 rings (SSSR count). The quantitative estimate of drug-likeness (QED) is 0.539. The standard InChI is InChI=1S/C23H29N7O3/c1-30-20(11-16(29-30)13-32-2)22(31)25-21-12-19(26-27-21)15-6-7-17(10-15)33-23-18(8-9-24-28-23)14-4-3-5-14/h8-9,11-12,14-15,17H,3-7,10,13H2,1-2H3,(H2,25,26,27,31). The molecule has 10 nitrogen and oxygen atoms in total. The van der Waals surface area contributed by atoms with E-state index in [1.54, 1.807) is 31.1 Å². The van der Waals surface area contributed by atoms with Crippen molar-refractivity contribution in [1.29, 1.82) is 0 Å². The molecule has 3 aromatic rings. The first-order valence-corrected chi connectivity index (χ1v) is 11.5. The molecular formula is C23H29N7O3. The zero-order valence-electron chi connectivity index (χ0n) is 19.0. The van der Waals surface area contributed by atoms with E-state index < -0.39 is 0 Å². The van der Waals surface area contributed by atoms with Crippen molar-refractivity contribution in [2.24, 2.45) is 7.05 Å². The summed E-state index contributed by atoms with van der Waals surface area (Å²) >= 11 is 0. The lowest BCUT2D eigenvalue weighted by Crippen LogP contribution is -2.17. The van der Waals surface area contributed by atoms with Gasteiger partial charge in [-0.05, 0) is 50.2 Å². The first-order valence-electron chi connectivity index (χ1n) is 11.5. The Labute approximate surface area is 192 Å². The highest BCUT2D eigenvalue weighted by Gasteiger charge is 2.31. The van der Waals surface area contributed by atoms with Gasteiger partial charge in [-0.25, -0.2) is 0 Å². The fourth-order valence-electron chi connectivity index (χ4n) is 4.69. The molecule has 0 spiro atoms. The van der Waals surface area contributed by atoms with Crippen LogP contribution < -0.4 is 10.1 Å². The molecule has 33 heavy (non-hydrogen) atoms. The van der Waals surface area contributed by atoms with Crippen LogP contribution in [0.15, 0.2) is 24.4 Å². The van der Waals surface area contributed by atoms with Gasteiger partial charge in [0.25, 0.3) is 5.91 Å². The van der Waals surface area contributed by atoms with Gasteiger partial charge in [0.2, 0.25) is 5.88 Å². The van der Waals surface area contributed by atoms with Crippen LogP contribution in [0.2, 0.25) is 0 Å². The number of nitrogens with one attached hydrogen (secondary N) is 2. The van der Waals surface area contributed by atoms with Crippen molar-refractivity contribution in [3.05, 3.63) is 47.0 Å². The number of carbonyl (C=O) groups excluding carboxylic acids is 1. The van der Waals surface area contributed by atoms with Gasteiger partial charge in [0.1, 0.15) is 11.8 Å². The molecule has 3 heterocycles. The minimum absolute atomic E-state index is 0.0977. The topological polar surface area (TPSA) is 120 Å². The van der Waals surface area contributed by atoms with Crippen LogP contribution in [0, 0.1) is 0 Å². The van der Waals surface area contributed by atoms with Crippen LogP contribution in [0.4, 0.5) is 5.82 Å². The highest BCUT2D eigenvalue weighted by molar-refractivity contribution is 6.02. The van der Waals surface area contributed by atoms with E-state index in [0.29, 0.717) is 41.5 Å². The largest absolute Gasteiger partial charge is 0.473 e. The van der Waals surface area contributed by atoms with Gasteiger partial charge < -0.3 is 14.8 Å². The maximum absolute atomic E-state index is 12.7. The first-order chi connectivity index (χ1) is 16.1. The van der Waals surface area contributed by atoms with E-state index in [1.807, 2.05) is 12.1 Å². The van der Waals surface area contributed by atoms with E-state index in [9.17, 15) is 4.79 Å².